The molecule has 0 heterocycles. The molecule has 1 saturated carbocycles. The monoisotopic (exact) mass is 331 g/mol. The fourth-order valence-electron chi connectivity index (χ4n) is 2.49. The first-order valence-corrected chi connectivity index (χ1v) is 9.07. The van der Waals surface area contributed by atoms with Crippen molar-refractivity contribution in [2.45, 2.75) is 43.0 Å². The van der Waals surface area contributed by atoms with E-state index in [4.69, 9.17) is 15.4 Å². The van der Waals surface area contributed by atoms with E-state index < -0.39 is 9.05 Å². The van der Waals surface area contributed by atoms with Gasteiger partial charge in [0.15, 0.2) is 0 Å². The molecule has 0 atom stereocenters. The zero-order valence-corrected chi connectivity index (χ0v) is 13.6. The van der Waals surface area contributed by atoms with E-state index in [1.165, 1.54) is 25.3 Å². The summed E-state index contributed by atoms with van der Waals surface area (Å²) in [6.07, 6.45) is 3.80. The van der Waals surface area contributed by atoms with E-state index in [1.807, 2.05) is 6.92 Å². The fourth-order valence-corrected chi connectivity index (χ4v) is 3.27. The van der Waals surface area contributed by atoms with E-state index in [-0.39, 0.29) is 21.9 Å². The van der Waals surface area contributed by atoms with E-state index >= 15 is 0 Å². The topological polar surface area (TPSA) is 72.5 Å². The second-order valence-electron chi connectivity index (χ2n) is 5.24. The minimum Gasteiger partial charge on any atom is -0.496 e. The van der Waals surface area contributed by atoms with Gasteiger partial charge in [0.05, 0.1) is 17.6 Å². The van der Waals surface area contributed by atoms with Crippen molar-refractivity contribution in [3.63, 3.8) is 0 Å². The predicted molar refractivity (Wildman–Crippen MR) is 80.4 cm³/mol. The number of halogens is 1. The zero-order valence-electron chi connectivity index (χ0n) is 12.0. The lowest BCUT2D eigenvalue weighted by Gasteiger charge is -2.42. The van der Waals surface area contributed by atoms with Gasteiger partial charge in [-0.15, -0.1) is 0 Å². The van der Waals surface area contributed by atoms with E-state index in [0.717, 1.165) is 25.7 Å². The average Bonchev–Trinajstić information content (AvgIpc) is 2.40. The number of carbonyl (C=O) groups excluding carboxylic acids is 1. The molecule has 0 unspecified atom stereocenters. The summed E-state index contributed by atoms with van der Waals surface area (Å²) in [6, 6.07) is 4.00. The van der Waals surface area contributed by atoms with E-state index in [9.17, 15) is 13.2 Å². The summed E-state index contributed by atoms with van der Waals surface area (Å²) in [5, 5.41) is 2.99. The van der Waals surface area contributed by atoms with Crippen molar-refractivity contribution in [2.75, 3.05) is 7.11 Å². The minimum atomic E-state index is -3.89. The Kier molecular flexibility index (Phi) is 4.49. The summed E-state index contributed by atoms with van der Waals surface area (Å²) in [4.78, 5) is 12.3. The Morgan fingerprint density at radius 3 is 2.52 bits per heavy atom. The van der Waals surface area contributed by atoms with Gasteiger partial charge in [-0.2, -0.15) is 0 Å². The van der Waals surface area contributed by atoms with Crippen LogP contribution in [0.4, 0.5) is 0 Å². The highest BCUT2D eigenvalue weighted by Crippen LogP contribution is 2.35. The Hall–Kier alpha value is -1.27. The molecule has 0 spiro atoms. The predicted octanol–water partition coefficient (Wildman–Crippen LogP) is 2.69. The third kappa shape index (κ3) is 3.32. The molecular weight excluding hydrogens is 314 g/mol. The minimum absolute atomic E-state index is 0.116. The highest BCUT2D eigenvalue weighted by atomic mass is 35.7. The molecule has 1 aliphatic carbocycles. The maximum Gasteiger partial charge on any atom is 0.261 e. The van der Waals surface area contributed by atoms with E-state index in [1.54, 1.807) is 0 Å². The number of rotatable bonds is 5. The van der Waals surface area contributed by atoms with Gasteiger partial charge < -0.3 is 10.1 Å². The Labute approximate surface area is 129 Å². The van der Waals surface area contributed by atoms with Gasteiger partial charge in [0.25, 0.3) is 15.0 Å². The molecule has 1 aromatic carbocycles. The van der Waals surface area contributed by atoms with Crippen molar-refractivity contribution >= 4 is 25.6 Å². The number of hydrogen-bond donors (Lipinski definition) is 1. The number of amides is 1. The summed E-state index contributed by atoms with van der Waals surface area (Å²) in [5.41, 5.74) is -0.00302. The highest BCUT2D eigenvalue weighted by Gasteiger charge is 2.37. The molecule has 1 amide bonds. The van der Waals surface area contributed by atoms with Gasteiger partial charge in [0.2, 0.25) is 0 Å². The van der Waals surface area contributed by atoms with Gasteiger partial charge in [0, 0.05) is 16.2 Å². The summed E-state index contributed by atoms with van der Waals surface area (Å²) >= 11 is 0. The molecule has 0 saturated heterocycles. The molecule has 1 aromatic rings. The van der Waals surface area contributed by atoms with Crippen LogP contribution in [0.1, 0.15) is 43.0 Å². The van der Waals surface area contributed by atoms with E-state index in [2.05, 4.69) is 5.32 Å². The Morgan fingerprint density at radius 1 is 1.43 bits per heavy atom. The molecule has 0 aliphatic heterocycles. The van der Waals surface area contributed by atoms with Crippen LogP contribution < -0.4 is 10.1 Å². The van der Waals surface area contributed by atoms with Crippen LogP contribution in [0, 0.1) is 0 Å². The summed E-state index contributed by atoms with van der Waals surface area (Å²) in [7, 11) is 2.87. The van der Waals surface area contributed by atoms with Crippen LogP contribution in [0.5, 0.6) is 5.75 Å². The lowest BCUT2D eigenvalue weighted by molar-refractivity contribution is 0.0817. The molecule has 1 fully saturated rings. The van der Waals surface area contributed by atoms with Crippen molar-refractivity contribution in [1.29, 1.82) is 0 Å². The standard InChI is InChI=1S/C14H18ClNO4S/c1-3-14(7-4-8-14)16-13(17)11-9-10(21(15,18)19)5-6-12(11)20-2/h5-6,9H,3-4,7-8H2,1-2H3,(H,16,17). The number of ether oxygens (including phenoxy) is 1. The summed E-state index contributed by atoms with van der Waals surface area (Å²) in [5.74, 6) is -0.0160. The van der Waals surface area contributed by atoms with Gasteiger partial charge in [-0.1, -0.05) is 6.92 Å². The molecule has 116 valence electrons. The Bertz CT molecular complexity index is 647. The molecule has 5 nitrogen and oxygen atoms in total. The van der Waals surface area contributed by atoms with Crippen molar-refractivity contribution in [2.24, 2.45) is 0 Å². The van der Waals surface area contributed by atoms with Crippen LogP contribution >= 0.6 is 10.7 Å². The smallest absolute Gasteiger partial charge is 0.261 e. The lowest BCUT2D eigenvalue weighted by Crippen LogP contribution is -2.53. The Balaban J connectivity index is 2.34. The maximum absolute atomic E-state index is 12.4. The number of benzene rings is 1. The number of nitrogens with one attached hydrogen (secondary N) is 1. The second-order valence-corrected chi connectivity index (χ2v) is 7.81. The molecule has 0 bridgehead atoms. The van der Waals surface area contributed by atoms with Crippen molar-refractivity contribution in [3.8, 4) is 5.75 Å². The first-order chi connectivity index (χ1) is 9.81. The first kappa shape index (κ1) is 16.1. The third-order valence-corrected chi connectivity index (χ3v) is 5.41. The summed E-state index contributed by atoms with van der Waals surface area (Å²) in [6.45, 7) is 2.02. The summed E-state index contributed by atoms with van der Waals surface area (Å²) < 4.78 is 28.0. The molecule has 0 aromatic heterocycles. The maximum atomic E-state index is 12.4. The van der Waals surface area contributed by atoms with Crippen molar-refractivity contribution in [3.05, 3.63) is 23.8 Å². The average molecular weight is 332 g/mol. The Morgan fingerprint density at radius 2 is 2.10 bits per heavy atom. The fraction of sp³-hybridized carbons (Fsp3) is 0.500. The van der Waals surface area contributed by atoms with Crippen molar-refractivity contribution in [1.82, 2.24) is 5.32 Å². The highest BCUT2D eigenvalue weighted by molar-refractivity contribution is 8.13. The second kappa shape index (κ2) is 5.85. The third-order valence-electron chi connectivity index (χ3n) is 4.06. The van der Waals surface area contributed by atoms with Crippen LogP contribution in [-0.4, -0.2) is 27.0 Å². The molecule has 1 aliphatic rings. The largest absolute Gasteiger partial charge is 0.496 e. The van der Waals surface area contributed by atoms with Gasteiger partial charge in [-0.3, -0.25) is 4.79 Å². The van der Waals surface area contributed by atoms with Gasteiger partial charge in [-0.05, 0) is 43.9 Å². The van der Waals surface area contributed by atoms with Gasteiger partial charge >= 0.3 is 0 Å². The van der Waals surface area contributed by atoms with Crippen LogP contribution in [0.15, 0.2) is 23.1 Å². The molecule has 1 N–H and O–H groups in total. The van der Waals surface area contributed by atoms with Gasteiger partial charge in [-0.25, -0.2) is 8.42 Å². The zero-order chi connectivity index (χ0) is 15.7. The SMILES string of the molecule is CCC1(NC(=O)c2cc(S(=O)(=O)Cl)ccc2OC)CCC1. The van der Waals surface area contributed by atoms with Crippen molar-refractivity contribution < 1.29 is 17.9 Å². The molecule has 0 radical (unpaired) electrons. The normalized spacial score (nSPS) is 16.9. The molecule has 21 heavy (non-hydrogen) atoms. The number of carbonyl (C=O) groups is 1. The molecule has 2 rings (SSSR count). The van der Waals surface area contributed by atoms with Crippen LogP contribution in [-0.2, 0) is 9.05 Å². The number of methoxy groups -OCH3 is 1. The van der Waals surface area contributed by atoms with E-state index in [0.29, 0.717) is 5.75 Å². The first-order valence-electron chi connectivity index (χ1n) is 6.76. The molecular formula is C14H18ClNO4S. The lowest BCUT2D eigenvalue weighted by atomic mass is 9.74. The van der Waals surface area contributed by atoms with Crippen LogP contribution in [0.2, 0.25) is 0 Å². The van der Waals surface area contributed by atoms with Gasteiger partial charge in [0.1, 0.15) is 5.75 Å². The van der Waals surface area contributed by atoms with Crippen LogP contribution in [0.3, 0.4) is 0 Å². The molecule has 7 heteroatoms. The van der Waals surface area contributed by atoms with Crippen LogP contribution in [0.25, 0.3) is 0 Å². The quantitative estimate of drug-likeness (QED) is 0.842. The number of hydrogen-bond acceptors (Lipinski definition) is 4.